The SMILES string of the molecule is Cc1cc(-c2c(Cl)nc3ccc(Br)cc3c2-c2ccccc2)no1. The molecule has 0 amide bonds. The third-order valence-electron chi connectivity index (χ3n) is 3.85. The molecule has 5 heteroatoms. The van der Waals surface area contributed by atoms with Crippen molar-refractivity contribution in [2.45, 2.75) is 6.92 Å². The van der Waals surface area contributed by atoms with Crippen LogP contribution in [0.2, 0.25) is 5.15 Å². The standard InChI is InChI=1S/C19H12BrClN2O/c1-11-9-16(23-24-11)18-17(12-5-3-2-4-6-12)14-10-13(20)7-8-15(14)22-19(18)21/h2-10H,1H3. The van der Waals surface area contributed by atoms with Crippen molar-refractivity contribution < 1.29 is 4.52 Å². The van der Waals surface area contributed by atoms with Gasteiger partial charge in [-0.2, -0.15) is 0 Å². The first kappa shape index (κ1) is 15.4. The van der Waals surface area contributed by atoms with E-state index in [9.17, 15) is 0 Å². The van der Waals surface area contributed by atoms with Gasteiger partial charge in [0, 0.05) is 27.1 Å². The van der Waals surface area contributed by atoms with Gasteiger partial charge >= 0.3 is 0 Å². The van der Waals surface area contributed by atoms with Crippen molar-refractivity contribution in [3.8, 4) is 22.4 Å². The highest BCUT2D eigenvalue weighted by Gasteiger charge is 2.20. The molecule has 0 aliphatic heterocycles. The molecular formula is C19H12BrClN2O. The maximum absolute atomic E-state index is 6.54. The summed E-state index contributed by atoms with van der Waals surface area (Å²) in [5, 5.41) is 5.57. The number of aryl methyl sites for hydroxylation is 1. The molecule has 2 aromatic heterocycles. The second-order valence-electron chi connectivity index (χ2n) is 5.50. The fourth-order valence-corrected chi connectivity index (χ4v) is 3.47. The van der Waals surface area contributed by atoms with Crippen molar-refractivity contribution >= 4 is 38.4 Å². The van der Waals surface area contributed by atoms with Crippen LogP contribution in [-0.2, 0) is 0 Å². The fourth-order valence-electron chi connectivity index (χ4n) is 2.83. The number of pyridine rings is 1. The van der Waals surface area contributed by atoms with E-state index in [1.165, 1.54) is 0 Å². The van der Waals surface area contributed by atoms with Gasteiger partial charge in [0.15, 0.2) is 0 Å². The van der Waals surface area contributed by atoms with Crippen LogP contribution in [0, 0.1) is 6.92 Å². The lowest BCUT2D eigenvalue weighted by Gasteiger charge is -2.13. The minimum absolute atomic E-state index is 0.414. The summed E-state index contributed by atoms with van der Waals surface area (Å²) in [6, 6.07) is 18.0. The van der Waals surface area contributed by atoms with Crippen molar-refractivity contribution in [1.29, 1.82) is 0 Å². The lowest BCUT2D eigenvalue weighted by atomic mass is 9.95. The van der Waals surface area contributed by atoms with E-state index in [2.05, 4.69) is 44.3 Å². The van der Waals surface area contributed by atoms with Gasteiger partial charge in [0.05, 0.1) is 5.52 Å². The zero-order chi connectivity index (χ0) is 16.7. The maximum atomic E-state index is 6.54. The molecule has 0 saturated carbocycles. The van der Waals surface area contributed by atoms with E-state index in [-0.39, 0.29) is 0 Å². The summed E-state index contributed by atoms with van der Waals surface area (Å²) in [5.41, 5.74) is 4.36. The smallest absolute Gasteiger partial charge is 0.139 e. The number of aromatic nitrogens is 2. The highest BCUT2D eigenvalue weighted by Crippen LogP contribution is 2.41. The number of benzene rings is 2. The number of hydrogen-bond acceptors (Lipinski definition) is 3. The molecular weight excluding hydrogens is 388 g/mol. The van der Waals surface area contributed by atoms with Gasteiger partial charge in [-0.1, -0.05) is 63.0 Å². The monoisotopic (exact) mass is 398 g/mol. The van der Waals surface area contributed by atoms with E-state index in [4.69, 9.17) is 16.1 Å². The summed E-state index contributed by atoms with van der Waals surface area (Å²) in [5.74, 6) is 0.731. The Labute approximate surface area is 152 Å². The van der Waals surface area contributed by atoms with Gasteiger partial charge in [-0.3, -0.25) is 0 Å². The normalized spacial score (nSPS) is 11.1. The summed E-state index contributed by atoms with van der Waals surface area (Å²) < 4.78 is 6.24. The predicted molar refractivity (Wildman–Crippen MR) is 100 cm³/mol. The molecule has 2 aromatic carbocycles. The molecule has 118 valence electrons. The second kappa shape index (κ2) is 6.04. The van der Waals surface area contributed by atoms with Crippen LogP contribution < -0.4 is 0 Å². The Balaban J connectivity index is 2.16. The molecule has 3 nitrogen and oxygen atoms in total. The Kier molecular flexibility index (Phi) is 3.87. The van der Waals surface area contributed by atoms with E-state index in [1.807, 2.05) is 43.3 Å². The van der Waals surface area contributed by atoms with E-state index in [0.29, 0.717) is 10.8 Å². The molecule has 0 atom stereocenters. The van der Waals surface area contributed by atoms with Crippen LogP contribution in [0.3, 0.4) is 0 Å². The second-order valence-corrected chi connectivity index (χ2v) is 6.78. The average molecular weight is 400 g/mol. The predicted octanol–water partition coefficient (Wildman–Crippen LogP) is 6.28. The topological polar surface area (TPSA) is 38.9 Å². The van der Waals surface area contributed by atoms with E-state index >= 15 is 0 Å². The molecule has 24 heavy (non-hydrogen) atoms. The summed E-state index contributed by atoms with van der Waals surface area (Å²) in [4.78, 5) is 4.55. The zero-order valence-electron chi connectivity index (χ0n) is 12.8. The lowest BCUT2D eigenvalue weighted by Crippen LogP contribution is -1.93. The van der Waals surface area contributed by atoms with Crippen molar-refractivity contribution in [3.63, 3.8) is 0 Å². The van der Waals surface area contributed by atoms with E-state index in [0.717, 1.165) is 37.8 Å². The summed E-state index contributed by atoms with van der Waals surface area (Å²) in [7, 11) is 0. The Hall–Kier alpha value is -2.17. The minimum Gasteiger partial charge on any atom is -0.361 e. The maximum Gasteiger partial charge on any atom is 0.139 e. The molecule has 0 unspecified atom stereocenters. The first-order chi connectivity index (χ1) is 11.6. The van der Waals surface area contributed by atoms with E-state index < -0.39 is 0 Å². The van der Waals surface area contributed by atoms with Gasteiger partial charge in [0.25, 0.3) is 0 Å². The van der Waals surface area contributed by atoms with Crippen LogP contribution in [-0.4, -0.2) is 10.1 Å². The zero-order valence-corrected chi connectivity index (χ0v) is 15.1. The number of rotatable bonds is 2. The molecule has 2 heterocycles. The van der Waals surface area contributed by atoms with Crippen LogP contribution >= 0.6 is 27.5 Å². The highest BCUT2D eigenvalue weighted by atomic mass is 79.9. The highest BCUT2D eigenvalue weighted by molar-refractivity contribution is 9.10. The van der Waals surface area contributed by atoms with Crippen LogP contribution in [0.1, 0.15) is 5.76 Å². The Morgan fingerprint density at radius 3 is 2.50 bits per heavy atom. The van der Waals surface area contributed by atoms with Crippen LogP contribution in [0.5, 0.6) is 0 Å². The average Bonchev–Trinajstić information content (AvgIpc) is 3.01. The Morgan fingerprint density at radius 1 is 1.00 bits per heavy atom. The third-order valence-corrected chi connectivity index (χ3v) is 4.62. The molecule has 0 aliphatic rings. The van der Waals surface area contributed by atoms with Gasteiger partial charge in [0.2, 0.25) is 0 Å². The summed E-state index contributed by atoms with van der Waals surface area (Å²) in [6.07, 6.45) is 0. The molecule has 0 radical (unpaired) electrons. The van der Waals surface area contributed by atoms with Gasteiger partial charge in [-0.05, 0) is 30.7 Å². The van der Waals surface area contributed by atoms with Crippen molar-refractivity contribution in [3.05, 3.63) is 70.0 Å². The fraction of sp³-hybridized carbons (Fsp3) is 0.0526. The largest absolute Gasteiger partial charge is 0.361 e. The molecule has 0 bridgehead atoms. The molecule has 0 aliphatic carbocycles. The number of nitrogens with zero attached hydrogens (tertiary/aromatic N) is 2. The van der Waals surface area contributed by atoms with Gasteiger partial charge < -0.3 is 4.52 Å². The Morgan fingerprint density at radius 2 is 1.79 bits per heavy atom. The number of hydrogen-bond donors (Lipinski definition) is 0. The molecule has 4 rings (SSSR count). The van der Waals surface area contributed by atoms with Gasteiger partial charge in [0.1, 0.15) is 16.6 Å². The van der Waals surface area contributed by atoms with Crippen molar-refractivity contribution in [2.75, 3.05) is 0 Å². The molecule has 0 N–H and O–H groups in total. The number of fused-ring (bicyclic) bond motifs is 1. The van der Waals surface area contributed by atoms with Gasteiger partial charge in [-0.25, -0.2) is 4.98 Å². The lowest BCUT2D eigenvalue weighted by molar-refractivity contribution is 0.399. The van der Waals surface area contributed by atoms with Crippen LogP contribution in [0.15, 0.2) is 63.6 Å². The van der Waals surface area contributed by atoms with Crippen molar-refractivity contribution in [1.82, 2.24) is 10.1 Å². The summed E-state index contributed by atoms with van der Waals surface area (Å²) in [6.45, 7) is 1.86. The number of halogens is 2. The van der Waals surface area contributed by atoms with Crippen LogP contribution in [0.25, 0.3) is 33.3 Å². The van der Waals surface area contributed by atoms with E-state index in [1.54, 1.807) is 0 Å². The first-order valence-corrected chi connectivity index (χ1v) is 8.58. The molecule has 0 spiro atoms. The first-order valence-electron chi connectivity index (χ1n) is 7.41. The molecule has 4 aromatic rings. The minimum atomic E-state index is 0.414. The molecule has 0 saturated heterocycles. The third kappa shape index (κ3) is 2.62. The van der Waals surface area contributed by atoms with Crippen LogP contribution in [0.4, 0.5) is 0 Å². The quantitative estimate of drug-likeness (QED) is 0.372. The Bertz CT molecular complexity index is 1040. The summed E-state index contributed by atoms with van der Waals surface area (Å²) >= 11 is 10.1. The van der Waals surface area contributed by atoms with Crippen molar-refractivity contribution in [2.24, 2.45) is 0 Å². The van der Waals surface area contributed by atoms with Gasteiger partial charge in [-0.15, -0.1) is 0 Å². The molecule has 0 fully saturated rings.